The molecule has 1 atom stereocenters. The monoisotopic (exact) mass is 237 g/mol. The molecule has 0 aromatic heterocycles. The number of hydrogen-bond donors (Lipinski definition) is 1. The van der Waals surface area contributed by atoms with E-state index in [9.17, 15) is 8.42 Å². The zero-order chi connectivity index (χ0) is 10.8. The molecule has 0 radical (unpaired) electrons. The molecule has 0 amide bonds. The zero-order valence-electron chi connectivity index (χ0n) is 8.82. The van der Waals surface area contributed by atoms with Crippen LogP contribution in [0.3, 0.4) is 0 Å². The molecule has 1 aliphatic rings. The van der Waals surface area contributed by atoms with E-state index in [1.807, 2.05) is 25.6 Å². The van der Waals surface area contributed by atoms with Crippen LogP contribution in [0, 0.1) is 11.3 Å². The molecule has 2 N–H and O–H groups in total. The van der Waals surface area contributed by atoms with Crippen molar-refractivity contribution in [3.8, 4) is 0 Å². The molecular formula is C9H19NO2S2. The van der Waals surface area contributed by atoms with Gasteiger partial charge in [-0.05, 0) is 35.7 Å². The van der Waals surface area contributed by atoms with E-state index in [0.717, 1.165) is 12.2 Å². The zero-order valence-corrected chi connectivity index (χ0v) is 10.5. The Labute approximate surface area is 90.9 Å². The third-order valence-electron chi connectivity index (χ3n) is 2.84. The van der Waals surface area contributed by atoms with Gasteiger partial charge in [-0.2, -0.15) is 11.8 Å². The molecule has 0 bridgehead atoms. The Morgan fingerprint density at radius 1 is 1.50 bits per heavy atom. The van der Waals surface area contributed by atoms with Gasteiger partial charge in [0, 0.05) is 0 Å². The molecule has 1 aliphatic heterocycles. The van der Waals surface area contributed by atoms with Crippen molar-refractivity contribution in [2.45, 2.75) is 26.7 Å². The Kier molecular flexibility index (Phi) is 3.88. The number of hydrogen-bond acceptors (Lipinski definition) is 3. The van der Waals surface area contributed by atoms with Crippen molar-refractivity contribution in [2.24, 2.45) is 16.5 Å². The summed E-state index contributed by atoms with van der Waals surface area (Å²) in [5.41, 5.74) is -0.180. The van der Waals surface area contributed by atoms with Gasteiger partial charge in [0.05, 0.1) is 5.75 Å². The van der Waals surface area contributed by atoms with Gasteiger partial charge in [0.25, 0.3) is 0 Å². The lowest BCUT2D eigenvalue weighted by atomic mass is 9.79. The summed E-state index contributed by atoms with van der Waals surface area (Å²) in [5.74, 6) is 2.87. The van der Waals surface area contributed by atoms with Crippen LogP contribution >= 0.6 is 11.8 Å². The third kappa shape index (κ3) is 3.79. The molecule has 1 heterocycles. The second-order valence-corrected chi connectivity index (χ2v) is 7.47. The van der Waals surface area contributed by atoms with Crippen LogP contribution in [0.4, 0.5) is 0 Å². The molecule has 0 aromatic rings. The number of thioether (sulfide) groups is 1. The van der Waals surface area contributed by atoms with Crippen molar-refractivity contribution in [2.75, 3.05) is 17.3 Å². The lowest BCUT2D eigenvalue weighted by Gasteiger charge is -2.35. The first-order valence-corrected chi connectivity index (χ1v) is 7.76. The Bertz CT molecular complexity index is 279. The van der Waals surface area contributed by atoms with E-state index in [4.69, 9.17) is 5.14 Å². The molecule has 1 fully saturated rings. The van der Waals surface area contributed by atoms with E-state index < -0.39 is 10.0 Å². The molecule has 0 aromatic carbocycles. The van der Waals surface area contributed by atoms with Crippen LogP contribution in [-0.4, -0.2) is 25.7 Å². The van der Waals surface area contributed by atoms with Gasteiger partial charge in [0.15, 0.2) is 0 Å². The van der Waals surface area contributed by atoms with Crippen LogP contribution in [0.5, 0.6) is 0 Å². The van der Waals surface area contributed by atoms with Crippen LogP contribution in [-0.2, 0) is 10.0 Å². The minimum absolute atomic E-state index is 0.102. The van der Waals surface area contributed by atoms with Gasteiger partial charge in [-0.1, -0.05) is 13.8 Å². The number of sulfonamides is 1. The fourth-order valence-corrected chi connectivity index (χ4v) is 4.71. The van der Waals surface area contributed by atoms with E-state index in [2.05, 4.69) is 0 Å². The number of rotatable bonds is 3. The van der Waals surface area contributed by atoms with Crippen molar-refractivity contribution in [3.63, 3.8) is 0 Å². The van der Waals surface area contributed by atoms with Gasteiger partial charge >= 0.3 is 0 Å². The van der Waals surface area contributed by atoms with Crippen molar-refractivity contribution in [1.82, 2.24) is 0 Å². The number of nitrogens with two attached hydrogens (primary N) is 1. The molecule has 0 spiro atoms. The summed E-state index contributed by atoms with van der Waals surface area (Å²) in [5, 5.41) is 5.09. The summed E-state index contributed by atoms with van der Waals surface area (Å²) >= 11 is 1.92. The summed E-state index contributed by atoms with van der Waals surface area (Å²) in [6.07, 6.45) is 2.33. The van der Waals surface area contributed by atoms with E-state index in [1.54, 1.807) is 0 Å². The average Bonchev–Trinajstić information content (AvgIpc) is 2.01. The first kappa shape index (κ1) is 12.3. The van der Waals surface area contributed by atoms with E-state index in [-0.39, 0.29) is 11.2 Å². The standard InChI is InChI=1S/C9H19NO2S2/c1-9(2,7-14(10,11)12)8-4-3-5-13-6-8/h8H,3-7H2,1-2H3,(H2,10,11,12). The van der Waals surface area contributed by atoms with Gasteiger partial charge in [-0.3, -0.25) is 0 Å². The van der Waals surface area contributed by atoms with Crippen LogP contribution in [0.25, 0.3) is 0 Å². The minimum atomic E-state index is -3.34. The largest absolute Gasteiger partial charge is 0.229 e. The summed E-state index contributed by atoms with van der Waals surface area (Å²) in [6.45, 7) is 4.02. The highest BCUT2D eigenvalue weighted by atomic mass is 32.2. The summed E-state index contributed by atoms with van der Waals surface area (Å²) < 4.78 is 22.1. The maximum atomic E-state index is 11.1. The van der Waals surface area contributed by atoms with Crippen LogP contribution < -0.4 is 5.14 Å². The highest BCUT2D eigenvalue weighted by Crippen LogP contribution is 2.37. The molecule has 0 saturated carbocycles. The molecule has 1 rings (SSSR count). The lowest BCUT2D eigenvalue weighted by molar-refractivity contribution is 0.250. The first-order valence-electron chi connectivity index (χ1n) is 4.89. The fraction of sp³-hybridized carbons (Fsp3) is 1.00. The molecule has 14 heavy (non-hydrogen) atoms. The van der Waals surface area contributed by atoms with Crippen LogP contribution in [0.15, 0.2) is 0 Å². The first-order chi connectivity index (χ1) is 6.31. The SMILES string of the molecule is CC(C)(CS(N)(=O)=O)C1CCCSC1. The fourth-order valence-electron chi connectivity index (χ4n) is 1.99. The lowest BCUT2D eigenvalue weighted by Crippen LogP contribution is -2.37. The Balaban J connectivity index is 2.63. The predicted octanol–water partition coefficient (Wildman–Crippen LogP) is 1.44. The van der Waals surface area contributed by atoms with Crippen molar-refractivity contribution < 1.29 is 8.42 Å². The maximum absolute atomic E-state index is 11.1. The molecule has 3 nitrogen and oxygen atoms in total. The van der Waals surface area contributed by atoms with Crippen molar-refractivity contribution in [3.05, 3.63) is 0 Å². The molecule has 1 saturated heterocycles. The van der Waals surface area contributed by atoms with Gasteiger partial charge in [-0.15, -0.1) is 0 Å². The summed E-state index contributed by atoms with van der Waals surface area (Å²) in [6, 6.07) is 0. The van der Waals surface area contributed by atoms with Crippen molar-refractivity contribution in [1.29, 1.82) is 0 Å². The van der Waals surface area contributed by atoms with Crippen molar-refractivity contribution >= 4 is 21.8 Å². The molecule has 0 aliphatic carbocycles. The van der Waals surface area contributed by atoms with E-state index in [0.29, 0.717) is 5.92 Å². The van der Waals surface area contributed by atoms with E-state index >= 15 is 0 Å². The summed E-state index contributed by atoms with van der Waals surface area (Å²) in [7, 11) is -3.34. The Hall–Kier alpha value is 0.260. The van der Waals surface area contributed by atoms with Gasteiger partial charge in [-0.25, -0.2) is 13.6 Å². The van der Waals surface area contributed by atoms with Gasteiger partial charge < -0.3 is 0 Å². The quantitative estimate of drug-likeness (QED) is 0.808. The Morgan fingerprint density at radius 2 is 2.14 bits per heavy atom. The highest BCUT2D eigenvalue weighted by Gasteiger charge is 2.33. The topological polar surface area (TPSA) is 60.2 Å². The van der Waals surface area contributed by atoms with E-state index in [1.165, 1.54) is 12.2 Å². The second kappa shape index (κ2) is 4.41. The van der Waals surface area contributed by atoms with Gasteiger partial charge in [0.2, 0.25) is 10.0 Å². The molecule has 5 heteroatoms. The third-order valence-corrected chi connectivity index (χ3v) is 5.20. The molecule has 1 unspecified atom stereocenters. The maximum Gasteiger partial charge on any atom is 0.209 e. The Morgan fingerprint density at radius 3 is 2.57 bits per heavy atom. The smallest absolute Gasteiger partial charge is 0.209 e. The predicted molar refractivity (Wildman–Crippen MR) is 61.8 cm³/mol. The highest BCUT2D eigenvalue weighted by molar-refractivity contribution is 7.99. The minimum Gasteiger partial charge on any atom is -0.229 e. The normalized spacial score (nSPS) is 24.9. The molecular weight excluding hydrogens is 218 g/mol. The number of primary sulfonamides is 1. The summed E-state index contributed by atoms with van der Waals surface area (Å²) in [4.78, 5) is 0. The molecule has 84 valence electrons. The van der Waals surface area contributed by atoms with Crippen LogP contribution in [0.2, 0.25) is 0 Å². The average molecular weight is 237 g/mol. The second-order valence-electron chi connectivity index (χ2n) is 4.71. The van der Waals surface area contributed by atoms with Gasteiger partial charge in [0.1, 0.15) is 0 Å². The van der Waals surface area contributed by atoms with Crippen LogP contribution in [0.1, 0.15) is 26.7 Å².